The van der Waals surface area contributed by atoms with E-state index in [4.69, 9.17) is 0 Å². The summed E-state index contributed by atoms with van der Waals surface area (Å²) in [6.07, 6.45) is -0.659. The number of halogens is 4. The van der Waals surface area contributed by atoms with Crippen molar-refractivity contribution in [3.8, 4) is 11.4 Å². The molecule has 1 fully saturated rings. The first-order valence-electron chi connectivity index (χ1n) is 9.75. The Morgan fingerprint density at radius 3 is 2.66 bits per heavy atom. The molecule has 0 radical (unpaired) electrons. The van der Waals surface area contributed by atoms with Crippen molar-refractivity contribution in [1.29, 1.82) is 0 Å². The van der Waals surface area contributed by atoms with Gasteiger partial charge < -0.3 is 5.32 Å². The maximum atomic E-state index is 14.6. The summed E-state index contributed by atoms with van der Waals surface area (Å²) in [4.78, 5) is 8.16. The maximum absolute atomic E-state index is 14.6. The molecule has 0 spiro atoms. The van der Waals surface area contributed by atoms with Crippen LogP contribution in [0.25, 0.3) is 16.9 Å². The van der Waals surface area contributed by atoms with Gasteiger partial charge in [-0.3, -0.25) is 4.98 Å². The Kier molecular flexibility index (Phi) is 6.03. The molecule has 0 saturated carbocycles. The zero-order valence-electron chi connectivity index (χ0n) is 16.9. The number of nitrogens with zero attached hydrogens (tertiary/aromatic N) is 5. The largest absolute Gasteiger partial charge is 0.347 e. The monoisotopic (exact) mass is 472 g/mol. The van der Waals surface area contributed by atoms with Gasteiger partial charge in [0, 0.05) is 31.8 Å². The van der Waals surface area contributed by atoms with Crippen LogP contribution in [0.15, 0.2) is 30.6 Å². The Morgan fingerprint density at radius 2 is 2.03 bits per heavy atom. The fraction of sp³-hybridized carbons (Fsp3) is 0.421. The Bertz CT molecular complexity index is 1220. The summed E-state index contributed by atoms with van der Waals surface area (Å²) in [6, 6.07) is 3.45. The van der Waals surface area contributed by atoms with Crippen LogP contribution in [0.5, 0.6) is 0 Å². The summed E-state index contributed by atoms with van der Waals surface area (Å²) in [6.45, 7) is -0.130. The molecule has 0 aliphatic carbocycles. The van der Waals surface area contributed by atoms with Crippen LogP contribution in [-0.2, 0) is 16.4 Å². The third kappa shape index (κ3) is 4.67. The van der Waals surface area contributed by atoms with Crippen LogP contribution in [0.1, 0.15) is 12.0 Å². The molecule has 2 atom stereocenters. The quantitative estimate of drug-likeness (QED) is 0.555. The second kappa shape index (κ2) is 8.62. The van der Waals surface area contributed by atoms with Crippen molar-refractivity contribution >= 4 is 21.5 Å². The number of aromatic nitrogens is 4. The predicted molar refractivity (Wildman–Crippen MR) is 109 cm³/mol. The van der Waals surface area contributed by atoms with Crippen molar-refractivity contribution in [2.75, 3.05) is 24.7 Å². The fourth-order valence-corrected chi connectivity index (χ4v) is 4.43. The van der Waals surface area contributed by atoms with Gasteiger partial charge in [-0.25, -0.2) is 35.5 Å². The Hall–Kier alpha value is -2.80. The van der Waals surface area contributed by atoms with Gasteiger partial charge in [-0.15, -0.1) is 5.10 Å². The summed E-state index contributed by atoms with van der Waals surface area (Å²) < 4.78 is 79.6. The van der Waals surface area contributed by atoms with Crippen molar-refractivity contribution in [3.63, 3.8) is 0 Å². The first-order valence-corrected chi connectivity index (χ1v) is 11.6. The highest BCUT2D eigenvalue weighted by atomic mass is 32.2. The fourth-order valence-electron chi connectivity index (χ4n) is 3.58. The van der Waals surface area contributed by atoms with Crippen LogP contribution < -0.4 is 5.32 Å². The molecule has 3 aromatic heterocycles. The molecular formula is C19H20F4N6O2S. The number of hydrogen-bond acceptors (Lipinski definition) is 6. The van der Waals surface area contributed by atoms with Gasteiger partial charge in [0.2, 0.25) is 22.4 Å². The summed E-state index contributed by atoms with van der Waals surface area (Å²) in [5.74, 6) is -0.570. The summed E-state index contributed by atoms with van der Waals surface area (Å²) in [7, 11) is -3.49. The molecule has 172 valence electrons. The zero-order chi connectivity index (χ0) is 23.0. The predicted octanol–water partition coefficient (Wildman–Crippen LogP) is 2.52. The maximum Gasteiger partial charge on any atom is 0.242 e. The van der Waals surface area contributed by atoms with Crippen molar-refractivity contribution < 1.29 is 26.0 Å². The first kappa shape index (κ1) is 22.4. The second-order valence-electron chi connectivity index (χ2n) is 7.58. The SMILES string of the molecule is CS(=O)(=O)N1CC[C@@H](Nc2ncc3c(F)cc(-c4ccc(CC(F)F)cn4)n3n2)[C@H](F)C1. The summed E-state index contributed by atoms with van der Waals surface area (Å²) in [5, 5.41) is 7.08. The van der Waals surface area contributed by atoms with E-state index in [1.165, 1.54) is 35.1 Å². The number of piperidine rings is 1. The van der Waals surface area contributed by atoms with E-state index in [2.05, 4.69) is 20.4 Å². The number of alkyl halides is 3. The van der Waals surface area contributed by atoms with Gasteiger partial charge in [0.1, 0.15) is 11.7 Å². The lowest BCUT2D eigenvalue weighted by Crippen LogP contribution is -2.49. The van der Waals surface area contributed by atoms with Crippen LogP contribution in [-0.4, -0.2) is 70.3 Å². The van der Waals surface area contributed by atoms with Gasteiger partial charge in [0.15, 0.2) is 5.82 Å². The van der Waals surface area contributed by atoms with Crippen LogP contribution in [0.2, 0.25) is 0 Å². The lowest BCUT2D eigenvalue weighted by atomic mass is 10.1. The molecular weight excluding hydrogens is 452 g/mol. The first-order chi connectivity index (χ1) is 15.1. The average Bonchev–Trinajstić information content (AvgIpc) is 3.05. The highest BCUT2D eigenvalue weighted by molar-refractivity contribution is 7.88. The minimum absolute atomic E-state index is 0.0316. The molecule has 1 aliphatic rings. The molecule has 1 N–H and O–H groups in total. The van der Waals surface area contributed by atoms with Crippen molar-refractivity contribution in [3.05, 3.63) is 42.0 Å². The van der Waals surface area contributed by atoms with Crippen LogP contribution in [0, 0.1) is 5.82 Å². The average molecular weight is 472 g/mol. The number of hydrogen-bond donors (Lipinski definition) is 1. The van der Waals surface area contributed by atoms with E-state index in [9.17, 15) is 26.0 Å². The van der Waals surface area contributed by atoms with Gasteiger partial charge in [0.25, 0.3) is 0 Å². The second-order valence-corrected chi connectivity index (χ2v) is 9.56. The summed E-state index contributed by atoms with van der Waals surface area (Å²) >= 11 is 0. The number of sulfonamides is 1. The number of pyridine rings is 1. The Morgan fingerprint density at radius 1 is 1.25 bits per heavy atom. The number of anilines is 1. The van der Waals surface area contributed by atoms with Crippen molar-refractivity contribution in [2.24, 2.45) is 0 Å². The van der Waals surface area contributed by atoms with Crippen LogP contribution >= 0.6 is 0 Å². The lowest BCUT2D eigenvalue weighted by Gasteiger charge is -2.33. The van der Waals surface area contributed by atoms with Crippen molar-refractivity contribution in [1.82, 2.24) is 23.9 Å². The molecule has 4 rings (SSSR count). The number of fused-ring (bicyclic) bond motifs is 1. The van der Waals surface area contributed by atoms with E-state index < -0.39 is 40.9 Å². The van der Waals surface area contributed by atoms with Gasteiger partial charge in [-0.05, 0) is 18.1 Å². The standard InChI is InChI=1S/C19H20F4N6O2S/c1-32(30,31)28-5-4-14(13(21)10-28)26-19-25-9-17-12(20)7-16(29(17)27-19)15-3-2-11(8-24-15)6-18(22)23/h2-3,7-9,13-14,18H,4-6,10H2,1H3,(H,26,27)/t13-,14-/m1/s1. The zero-order valence-corrected chi connectivity index (χ0v) is 17.7. The Labute approximate surface area is 181 Å². The minimum Gasteiger partial charge on any atom is -0.347 e. The van der Waals surface area contributed by atoms with Crippen LogP contribution in [0.3, 0.4) is 0 Å². The minimum atomic E-state index is -3.49. The molecule has 3 aromatic rings. The lowest BCUT2D eigenvalue weighted by molar-refractivity contribution is 0.149. The molecule has 32 heavy (non-hydrogen) atoms. The van der Waals surface area contributed by atoms with Gasteiger partial charge in [-0.1, -0.05) is 6.07 Å². The van der Waals surface area contributed by atoms with Gasteiger partial charge in [0.05, 0.1) is 29.9 Å². The third-order valence-corrected chi connectivity index (χ3v) is 6.50. The molecule has 13 heteroatoms. The Balaban J connectivity index is 1.58. The van der Waals surface area contributed by atoms with E-state index in [1.54, 1.807) is 0 Å². The third-order valence-electron chi connectivity index (χ3n) is 5.23. The van der Waals surface area contributed by atoms with E-state index in [-0.39, 0.29) is 36.7 Å². The normalized spacial score (nSPS) is 20.2. The molecule has 0 bridgehead atoms. The van der Waals surface area contributed by atoms with Gasteiger partial charge >= 0.3 is 0 Å². The molecule has 1 saturated heterocycles. The molecule has 4 heterocycles. The molecule has 0 amide bonds. The highest BCUT2D eigenvalue weighted by Crippen LogP contribution is 2.25. The van der Waals surface area contributed by atoms with Crippen molar-refractivity contribution in [2.45, 2.75) is 31.5 Å². The molecule has 0 unspecified atom stereocenters. The van der Waals surface area contributed by atoms with E-state index in [0.717, 1.165) is 10.6 Å². The van der Waals surface area contributed by atoms with Gasteiger partial charge in [-0.2, -0.15) is 4.31 Å². The van der Waals surface area contributed by atoms with Crippen LogP contribution in [0.4, 0.5) is 23.5 Å². The molecule has 8 nitrogen and oxygen atoms in total. The number of rotatable bonds is 6. The molecule has 0 aromatic carbocycles. The topological polar surface area (TPSA) is 92.5 Å². The molecule has 1 aliphatic heterocycles. The van der Waals surface area contributed by atoms with E-state index >= 15 is 0 Å². The van der Waals surface area contributed by atoms with E-state index in [0.29, 0.717) is 11.3 Å². The highest BCUT2D eigenvalue weighted by Gasteiger charge is 2.33. The number of nitrogens with one attached hydrogen (secondary N) is 1. The van der Waals surface area contributed by atoms with E-state index in [1.807, 2.05) is 0 Å². The summed E-state index contributed by atoms with van der Waals surface area (Å²) in [5.41, 5.74) is 0.996. The smallest absolute Gasteiger partial charge is 0.242 e.